The van der Waals surface area contributed by atoms with Crippen molar-refractivity contribution in [1.29, 1.82) is 0 Å². The molecule has 1 N–H and O–H groups in total. The van der Waals surface area contributed by atoms with Crippen molar-refractivity contribution in [1.82, 2.24) is 5.01 Å². The van der Waals surface area contributed by atoms with E-state index in [4.69, 9.17) is 24.0 Å². The second-order valence-corrected chi connectivity index (χ2v) is 8.10. The first-order valence-corrected chi connectivity index (χ1v) is 10.8. The van der Waals surface area contributed by atoms with Crippen LogP contribution in [0.15, 0.2) is 59.7 Å². The van der Waals surface area contributed by atoms with Crippen molar-refractivity contribution in [2.75, 3.05) is 21.3 Å². The van der Waals surface area contributed by atoms with Gasteiger partial charge in [-0.25, -0.2) is 5.01 Å². The van der Waals surface area contributed by atoms with Crippen molar-refractivity contribution in [3.63, 3.8) is 0 Å². The van der Waals surface area contributed by atoms with Gasteiger partial charge in [0.25, 0.3) is 0 Å². The first-order chi connectivity index (χ1) is 16.0. The highest BCUT2D eigenvalue weighted by molar-refractivity contribution is 6.04. The fourth-order valence-corrected chi connectivity index (χ4v) is 4.60. The largest absolute Gasteiger partial charge is 0.507 e. The molecule has 3 aromatic carbocycles. The molecule has 0 aliphatic carbocycles. The molecule has 2 aliphatic heterocycles. The number of ether oxygens (including phenoxy) is 4. The summed E-state index contributed by atoms with van der Waals surface area (Å²) in [5.74, 6) is 2.75. The molecule has 7 heteroatoms. The van der Waals surface area contributed by atoms with Gasteiger partial charge >= 0.3 is 0 Å². The number of aromatic hydroxyl groups is 1. The minimum atomic E-state index is -0.576. The first-order valence-electron chi connectivity index (χ1n) is 10.8. The lowest BCUT2D eigenvalue weighted by Crippen LogP contribution is -2.34. The molecule has 0 saturated heterocycles. The minimum absolute atomic E-state index is 0.0975. The second kappa shape index (κ2) is 8.24. The Kier molecular flexibility index (Phi) is 5.24. The number of hydrogen-bond donors (Lipinski definition) is 1. The number of methoxy groups -OCH3 is 3. The number of nitrogens with zero attached hydrogens (tertiary/aromatic N) is 2. The molecule has 0 unspecified atom stereocenters. The van der Waals surface area contributed by atoms with E-state index >= 15 is 0 Å². The zero-order chi connectivity index (χ0) is 23.1. The molecule has 2 aliphatic rings. The maximum atomic E-state index is 10.6. The molecule has 170 valence electrons. The smallest absolute Gasteiger partial charge is 0.217 e. The van der Waals surface area contributed by atoms with Gasteiger partial charge in [0.05, 0.1) is 38.6 Å². The zero-order valence-corrected chi connectivity index (χ0v) is 19.0. The van der Waals surface area contributed by atoms with E-state index in [1.807, 2.05) is 60.5 Å². The average molecular weight is 447 g/mol. The molecule has 0 radical (unpaired) electrons. The van der Waals surface area contributed by atoms with E-state index in [0.717, 1.165) is 28.0 Å². The molecule has 33 heavy (non-hydrogen) atoms. The number of rotatable bonds is 5. The Labute approximate surface area is 192 Å². The highest BCUT2D eigenvalue weighted by Gasteiger charge is 2.43. The summed E-state index contributed by atoms with van der Waals surface area (Å²) in [6.07, 6.45) is 0.0388. The Morgan fingerprint density at radius 3 is 2.39 bits per heavy atom. The van der Waals surface area contributed by atoms with Crippen molar-refractivity contribution in [2.24, 2.45) is 5.10 Å². The SMILES string of the molecule is COc1cccc2c1O[C@@H](c1cccc(OC)c1OC)N1N=C(c3cc(C)ccc3O)C[C@H]21. The van der Waals surface area contributed by atoms with Crippen LogP contribution in [-0.4, -0.2) is 37.2 Å². The summed E-state index contributed by atoms with van der Waals surface area (Å²) < 4.78 is 23.4. The Balaban J connectivity index is 1.68. The molecular formula is C26H26N2O5. The van der Waals surface area contributed by atoms with Crippen LogP contribution < -0.4 is 18.9 Å². The summed E-state index contributed by atoms with van der Waals surface area (Å²) in [6.45, 7) is 2.00. The summed E-state index contributed by atoms with van der Waals surface area (Å²) in [6, 6.07) is 17.0. The fourth-order valence-electron chi connectivity index (χ4n) is 4.60. The first kappa shape index (κ1) is 21.0. The maximum Gasteiger partial charge on any atom is 0.217 e. The standard InChI is InChI=1S/C26H26N2O5/c1-15-11-12-21(29)18(13-15)19-14-20-16-7-5-10-23(31-3)25(16)33-26(28(20)27-19)17-8-6-9-22(30-2)24(17)32-4/h5-13,20,26,29H,14H2,1-4H3/t20-,26+/m1/s1. The maximum absolute atomic E-state index is 10.6. The lowest BCUT2D eigenvalue weighted by atomic mass is 9.94. The van der Waals surface area contributed by atoms with Crippen LogP contribution in [0.5, 0.6) is 28.7 Å². The van der Waals surface area contributed by atoms with E-state index in [9.17, 15) is 5.11 Å². The summed E-state index contributed by atoms with van der Waals surface area (Å²) >= 11 is 0. The molecule has 0 bridgehead atoms. The molecule has 0 spiro atoms. The van der Waals surface area contributed by atoms with Crippen molar-refractivity contribution in [3.05, 3.63) is 76.9 Å². The number of hydrogen-bond acceptors (Lipinski definition) is 7. The Hall–Kier alpha value is -3.87. The molecule has 2 heterocycles. The highest BCUT2D eigenvalue weighted by Crippen LogP contribution is 2.52. The summed E-state index contributed by atoms with van der Waals surface area (Å²) in [5, 5.41) is 17.4. The Morgan fingerprint density at radius 1 is 0.939 bits per heavy atom. The van der Waals surface area contributed by atoms with Gasteiger partial charge in [-0.15, -0.1) is 0 Å². The van der Waals surface area contributed by atoms with Gasteiger partial charge in [-0.1, -0.05) is 29.8 Å². The topological polar surface area (TPSA) is 72.8 Å². The number of fused-ring (bicyclic) bond motifs is 3. The van der Waals surface area contributed by atoms with E-state index < -0.39 is 6.23 Å². The Bertz CT molecular complexity index is 1240. The lowest BCUT2D eigenvalue weighted by molar-refractivity contribution is -0.0223. The third kappa shape index (κ3) is 3.40. The molecule has 3 aromatic rings. The summed E-state index contributed by atoms with van der Waals surface area (Å²) in [7, 11) is 4.85. The van der Waals surface area contributed by atoms with Gasteiger partial charge in [0, 0.05) is 17.5 Å². The van der Waals surface area contributed by atoms with Crippen molar-refractivity contribution >= 4 is 5.71 Å². The van der Waals surface area contributed by atoms with Crippen LogP contribution >= 0.6 is 0 Å². The van der Waals surface area contributed by atoms with Gasteiger partial charge in [0.1, 0.15) is 5.75 Å². The summed E-state index contributed by atoms with van der Waals surface area (Å²) in [4.78, 5) is 0. The van der Waals surface area contributed by atoms with Gasteiger partial charge in [-0.3, -0.25) is 0 Å². The van der Waals surface area contributed by atoms with E-state index in [2.05, 4.69) is 0 Å². The van der Waals surface area contributed by atoms with Crippen molar-refractivity contribution in [3.8, 4) is 28.7 Å². The normalized spacial score (nSPS) is 18.7. The molecule has 7 nitrogen and oxygen atoms in total. The summed E-state index contributed by atoms with van der Waals surface area (Å²) in [5.41, 5.74) is 4.35. The third-order valence-electron chi connectivity index (χ3n) is 6.16. The second-order valence-electron chi connectivity index (χ2n) is 8.10. The predicted molar refractivity (Wildman–Crippen MR) is 124 cm³/mol. The van der Waals surface area contributed by atoms with Gasteiger partial charge in [-0.2, -0.15) is 5.10 Å². The van der Waals surface area contributed by atoms with E-state index in [-0.39, 0.29) is 11.8 Å². The van der Waals surface area contributed by atoms with Crippen LogP contribution in [0.3, 0.4) is 0 Å². The van der Waals surface area contributed by atoms with E-state index in [1.165, 1.54) is 0 Å². The quantitative estimate of drug-likeness (QED) is 0.597. The number of phenolic OH excluding ortho intramolecular Hbond substituents is 1. The number of phenols is 1. The average Bonchev–Trinajstić information content (AvgIpc) is 3.29. The number of hydrazone groups is 1. The van der Waals surface area contributed by atoms with E-state index in [1.54, 1.807) is 27.4 Å². The van der Waals surface area contributed by atoms with E-state index in [0.29, 0.717) is 29.4 Å². The fraction of sp³-hybridized carbons (Fsp3) is 0.269. The minimum Gasteiger partial charge on any atom is -0.507 e. The lowest BCUT2D eigenvalue weighted by Gasteiger charge is -2.39. The van der Waals surface area contributed by atoms with Gasteiger partial charge in [0.2, 0.25) is 6.23 Å². The zero-order valence-electron chi connectivity index (χ0n) is 19.0. The molecule has 0 aromatic heterocycles. The molecule has 0 saturated carbocycles. The number of para-hydroxylation sites is 2. The van der Waals surface area contributed by atoms with Gasteiger partial charge < -0.3 is 24.1 Å². The van der Waals surface area contributed by atoms with Crippen LogP contribution in [0.1, 0.15) is 40.9 Å². The monoisotopic (exact) mass is 446 g/mol. The molecule has 0 amide bonds. The van der Waals surface area contributed by atoms with Gasteiger partial charge in [0.15, 0.2) is 23.0 Å². The molecule has 5 rings (SSSR count). The highest BCUT2D eigenvalue weighted by atomic mass is 16.5. The predicted octanol–water partition coefficient (Wildman–Crippen LogP) is 4.97. The van der Waals surface area contributed by atoms with Crippen LogP contribution in [0, 0.1) is 6.92 Å². The molecular weight excluding hydrogens is 420 g/mol. The van der Waals surface area contributed by atoms with Crippen LogP contribution in [-0.2, 0) is 0 Å². The van der Waals surface area contributed by atoms with Crippen molar-refractivity contribution < 1.29 is 24.1 Å². The molecule has 2 atom stereocenters. The van der Waals surface area contributed by atoms with Crippen LogP contribution in [0.25, 0.3) is 0 Å². The third-order valence-corrected chi connectivity index (χ3v) is 6.16. The van der Waals surface area contributed by atoms with Crippen molar-refractivity contribution in [2.45, 2.75) is 25.6 Å². The van der Waals surface area contributed by atoms with Crippen LogP contribution in [0.4, 0.5) is 0 Å². The Morgan fingerprint density at radius 2 is 1.67 bits per heavy atom. The number of benzene rings is 3. The molecule has 0 fully saturated rings. The van der Waals surface area contributed by atoms with Crippen LogP contribution in [0.2, 0.25) is 0 Å². The van der Waals surface area contributed by atoms with Gasteiger partial charge in [-0.05, 0) is 37.3 Å². The number of aryl methyl sites for hydroxylation is 1.